The van der Waals surface area contributed by atoms with Gasteiger partial charge in [-0.05, 0) is 13.8 Å². The topological polar surface area (TPSA) is 82.2 Å². The van der Waals surface area contributed by atoms with Crippen LogP contribution < -0.4 is 0 Å². The molecular formula is C15H16O6. The number of hydrogen-bond acceptors (Lipinski definition) is 6. The normalized spacial score (nSPS) is 48.5. The highest BCUT2D eigenvalue weighted by Crippen LogP contribution is 2.89. The first-order valence-corrected chi connectivity index (χ1v) is 6.92. The van der Waals surface area contributed by atoms with Crippen molar-refractivity contribution in [1.82, 2.24) is 0 Å². The molecule has 0 bridgehead atoms. The molecule has 3 unspecified atom stereocenters. The minimum atomic E-state index is -1.18. The first-order valence-electron chi connectivity index (χ1n) is 6.92. The Balaban J connectivity index is 2.00. The Bertz CT molecular complexity index is 657. The van der Waals surface area contributed by atoms with E-state index in [4.69, 9.17) is 14.2 Å². The van der Waals surface area contributed by atoms with E-state index in [1.807, 2.05) is 6.92 Å². The Morgan fingerprint density at radius 2 is 1.71 bits per heavy atom. The van der Waals surface area contributed by atoms with Crippen molar-refractivity contribution >= 4 is 17.7 Å². The number of fused-ring (bicyclic) bond motifs is 2. The van der Waals surface area contributed by atoms with E-state index in [-0.39, 0.29) is 5.78 Å². The number of Topliss-reactive ketones (excluding diaryl/α,β-unsaturated/α-hetero) is 1. The zero-order chi connectivity index (χ0) is 15.4. The Kier molecular flexibility index (Phi) is 1.99. The first-order chi connectivity index (χ1) is 9.88. The molecule has 6 nitrogen and oxygen atoms in total. The van der Waals surface area contributed by atoms with Crippen LogP contribution in [-0.2, 0) is 28.6 Å². The van der Waals surface area contributed by atoms with E-state index in [0.29, 0.717) is 6.61 Å². The number of hydrogen-bond donors (Lipinski definition) is 0. The van der Waals surface area contributed by atoms with Crippen molar-refractivity contribution in [2.75, 3.05) is 20.8 Å². The van der Waals surface area contributed by atoms with Gasteiger partial charge in [-0.3, -0.25) is 14.4 Å². The standard InChI is InChI=1S/C15H16O6/c1-6-7(2)14(11(17)19-3)9-10(16)13(5-21-13)8(6)15(9,14)12(18)20-4/h8-9H,5H2,1-4H3/t8?,9?,13-,14?,15-/m0/s1. The van der Waals surface area contributed by atoms with E-state index < -0.39 is 40.2 Å². The average Bonchev–Trinajstić information content (AvgIpc) is 3.35. The summed E-state index contributed by atoms with van der Waals surface area (Å²) in [6.07, 6.45) is 0. The van der Waals surface area contributed by atoms with Gasteiger partial charge in [-0.25, -0.2) is 0 Å². The first kappa shape index (κ1) is 13.0. The van der Waals surface area contributed by atoms with Gasteiger partial charge in [0.1, 0.15) is 10.8 Å². The molecule has 21 heavy (non-hydrogen) atoms. The summed E-state index contributed by atoms with van der Waals surface area (Å²) in [5, 5.41) is 0. The molecule has 1 heterocycles. The third-order valence-corrected chi connectivity index (χ3v) is 6.16. The molecule has 4 aliphatic rings. The lowest BCUT2D eigenvalue weighted by Gasteiger charge is -2.24. The number of carbonyl (C=O) groups excluding carboxylic acids is 3. The number of rotatable bonds is 2. The van der Waals surface area contributed by atoms with Crippen LogP contribution in [0.25, 0.3) is 0 Å². The molecule has 0 aromatic carbocycles. The number of methoxy groups -OCH3 is 2. The van der Waals surface area contributed by atoms with Gasteiger partial charge in [0.15, 0.2) is 11.4 Å². The molecule has 112 valence electrons. The summed E-state index contributed by atoms with van der Waals surface area (Å²) in [6, 6.07) is 0. The molecule has 0 aromatic rings. The maximum Gasteiger partial charge on any atom is 0.317 e. The predicted octanol–water partition coefficient (Wildman–Crippen LogP) is 0.253. The molecular weight excluding hydrogens is 276 g/mol. The summed E-state index contributed by atoms with van der Waals surface area (Å²) in [4.78, 5) is 37.8. The largest absolute Gasteiger partial charge is 0.469 e. The summed E-state index contributed by atoms with van der Waals surface area (Å²) in [7, 11) is 2.56. The highest BCUT2D eigenvalue weighted by atomic mass is 16.6. The second-order valence-electron chi connectivity index (χ2n) is 6.38. The lowest BCUT2D eigenvalue weighted by molar-refractivity contribution is -0.157. The van der Waals surface area contributed by atoms with Crippen LogP contribution in [0.4, 0.5) is 0 Å². The number of ketones is 1. The highest BCUT2D eigenvalue weighted by molar-refractivity contribution is 6.17. The van der Waals surface area contributed by atoms with Gasteiger partial charge in [0.05, 0.1) is 26.7 Å². The fourth-order valence-electron chi connectivity index (χ4n) is 5.35. The van der Waals surface area contributed by atoms with Crippen LogP contribution in [0.1, 0.15) is 13.8 Å². The molecule has 0 aromatic heterocycles. The van der Waals surface area contributed by atoms with Gasteiger partial charge in [0, 0.05) is 5.92 Å². The fourth-order valence-corrected chi connectivity index (χ4v) is 5.35. The van der Waals surface area contributed by atoms with Crippen LogP contribution in [0, 0.1) is 22.7 Å². The van der Waals surface area contributed by atoms with Gasteiger partial charge in [0.25, 0.3) is 0 Å². The smallest absolute Gasteiger partial charge is 0.317 e. The van der Waals surface area contributed by atoms with Crippen LogP contribution in [0.15, 0.2) is 11.1 Å². The molecule has 6 heteroatoms. The number of carbonyl (C=O) groups is 3. The molecule has 4 rings (SSSR count). The monoisotopic (exact) mass is 292 g/mol. The number of epoxide rings is 1. The minimum Gasteiger partial charge on any atom is -0.469 e. The SMILES string of the molecule is COC(=O)C12C(C)=C(C)C3[C@@]1(C(=O)OC)C2C(=O)[C@]31CO1. The fraction of sp³-hybridized carbons (Fsp3) is 0.667. The van der Waals surface area contributed by atoms with Crippen LogP contribution in [0.5, 0.6) is 0 Å². The van der Waals surface area contributed by atoms with Crippen LogP contribution in [0.3, 0.4) is 0 Å². The van der Waals surface area contributed by atoms with E-state index in [1.165, 1.54) is 14.2 Å². The summed E-state index contributed by atoms with van der Waals surface area (Å²) >= 11 is 0. The van der Waals surface area contributed by atoms with Gasteiger partial charge in [-0.15, -0.1) is 0 Å². The molecule has 5 atom stereocenters. The van der Waals surface area contributed by atoms with E-state index in [1.54, 1.807) is 6.92 Å². The molecule has 2 saturated carbocycles. The Morgan fingerprint density at radius 3 is 2.19 bits per heavy atom. The van der Waals surface area contributed by atoms with Gasteiger partial charge < -0.3 is 14.2 Å². The van der Waals surface area contributed by atoms with Crippen molar-refractivity contribution in [1.29, 1.82) is 0 Å². The molecule has 0 amide bonds. The summed E-state index contributed by atoms with van der Waals surface area (Å²) < 4.78 is 15.4. The van der Waals surface area contributed by atoms with Gasteiger partial charge >= 0.3 is 11.9 Å². The lowest BCUT2D eigenvalue weighted by Crippen LogP contribution is -2.41. The zero-order valence-corrected chi connectivity index (χ0v) is 12.3. The Morgan fingerprint density at radius 1 is 1.14 bits per heavy atom. The molecule has 0 N–H and O–H groups in total. The second kappa shape index (κ2) is 3.21. The van der Waals surface area contributed by atoms with Crippen LogP contribution in [-0.4, -0.2) is 44.1 Å². The molecule has 0 radical (unpaired) electrons. The van der Waals surface area contributed by atoms with E-state index in [0.717, 1.165) is 11.1 Å². The maximum atomic E-state index is 12.8. The zero-order valence-electron chi connectivity index (χ0n) is 12.3. The number of ether oxygens (including phenoxy) is 3. The third kappa shape index (κ3) is 0.882. The van der Waals surface area contributed by atoms with Crippen molar-refractivity contribution in [2.24, 2.45) is 22.7 Å². The van der Waals surface area contributed by atoms with Gasteiger partial charge in [-0.1, -0.05) is 11.1 Å². The highest BCUT2D eigenvalue weighted by Gasteiger charge is 3.02. The van der Waals surface area contributed by atoms with Crippen molar-refractivity contribution in [3.05, 3.63) is 11.1 Å². The maximum absolute atomic E-state index is 12.8. The molecule has 3 aliphatic carbocycles. The summed E-state index contributed by atoms with van der Waals surface area (Å²) in [6.45, 7) is 3.98. The summed E-state index contributed by atoms with van der Waals surface area (Å²) in [5.74, 6) is -2.31. The van der Waals surface area contributed by atoms with Crippen molar-refractivity contribution < 1.29 is 28.6 Å². The average molecular weight is 292 g/mol. The van der Waals surface area contributed by atoms with E-state index in [2.05, 4.69) is 0 Å². The quantitative estimate of drug-likeness (QED) is 0.412. The predicted molar refractivity (Wildman–Crippen MR) is 67.9 cm³/mol. The third-order valence-electron chi connectivity index (χ3n) is 6.16. The second-order valence-corrected chi connectivity index (χ2v) is 6.38. The van der Waals surface area contributed by atoms with Crippen LogP contribution >= 0.6 is 0 Å². The molecule has 1 aliphatic heterocycles. The van der Waals surface area contributed by atoms with Crippen LogP contribution in [0.2, 0.25) is 0 Å². The van der Waals surface area contributed by atoms with Gasteiger partial charge in [-0.2, -0.15) is 0 Å². The minimum absolute atomic E-state index is 0.153. The lowest BCUT2D eigenvalue weighted by atomic mass is 9.78. The molecule has 3 fully saturated rings. The van der Waals surface area contributed by atoms with Gasteiger partial charge in [0.2, 0.25) is 0 Å². The van der Waals surface area contributed by atoms with E-state index >= 15 is 0 Å². The Hall–Kier alpha value is -1.69. The van der Waals surface area contributed by atoms with Crippen molar-refractivity contribution in [3.63, 3.8) is 0 Å². The molecule has 1 spiro atoms. The van der Waals surface area contributed by atoms with E-state index in [9.17, 15) is 14.4 Å². The molecule has 1 saturated heterocycles. The Labute approximate surface area is 121 Å². The van der Waals surface area contributed by atoms with Crippen molar-refractivity contribution in [2.45, 2.75) is 19.4 Å². The summed E-state index contributed by atoms with van der Waals surface area (Å²) in [5.41, 5.74) is -1.62. The van der Waals surface area contributed by atoms with Crippen molar-refractivity contribution in [3.8, 4) is 0 Å². The number of esters is 2.